The van der Waals surface area contributed by atoms with E-state index in [4.69, 9.17) is 33.7 Å². The maximum Gasteiger partial charge on any atom is 0.343 e. The zero-order valence-corrected chi connectivity index (χ0v) is 34.3. The number of carbonyl (C=O) groups is 3. The second-order valence-electron chi connectivity index (χ2n) is 14.1. The van der Waals surface area contributed by atoms with E-state index in [0.29, 0.717) is 55.7 Å². The van der Waals surface area contributed by atoms with Gasteiger partial charge in [-0.3, -0.25) is 0 Å². The molecule has 0 aliphatic heterocycles. The van der Waals surface area contributed by atoms with Gasteiger partial charge in [-0.25, -0.2) is 14.4 Å². The SMILES string of the molecule is C=CC(=O)OCCCCCCOc1ccc(C(=O)Oc2ccc(OCCCCCCOc3ccc(-c4ccc(C#N)cc4)cc3)c(C(=O)OCCCCCCC)c2)cc1. The van der Waals surface area contributed by atoms with E-state index < -0.39 is 17.9 Å². The first-order valence-corrected chi connectivity index (χ1v) is 20.8. The predicted octanol–water partition coefficient (Wildman–Crippen LogP) is 11.3. The van der Waals surface area contributed by atoms with Crippen LogP contribution in [0.5, 0.6) is 23.0 Å². The number of rotatable bonds is 28. The first-order chi connectivity index (χ1) is 28.9. The zero-order chi connectivity index (χ0) is 41.9. The van der Waals surface area contributed by atoms with Crippen molar-refractivity contribution < 1.29 is 42.8 Å². The van der Waals surface area contributed by atoms with E-state index in [2.05, 4.69) is 19.6 Å². The van der Waals surface area contributed by atoms with Gasteiger partial charge in [0.05, 0.1) is 50.2 Å². The molecule has 0 atom stereocenters. The van der Waals surface area contributed by atoms with Gasteiger partial charge < -0.3 is 28.4 Å². The standard InChI is InChI=1S/C49H57NO9/c1-3-5-6-7-16-35-58-49(53)45-36-44(59-48(52)41-23-27-43(28-24-41)55-32-13-9-11-15-34-57-47(51)4-2)29-30-46(45)56-33-14-10-8-12-31-54-42-25-21-40(22-26-42)39-19-17-38(37-50)18-20-39/h4,17-30,36H,2-3,5-16,31-35H2,1H3. The Hall–Kier alpha value is -6.08. The fourth-order valence-electron chi connectivity index (χ4n) is 6.05. The van der Waals surface area contributed by atoms with Crippen LogP contribution in [0.4, 0.5) is 0 Å². The number of nitrogens with zero attached hydrogens (tertiary/aromatic N) is 1. The van der Waals surface area contributed by atoms with Gasteiger partial charge in [-0.1, -0.05) is 63.5 Å². The number of hydrogen-bond acceptors (Lipinski definition) is 10. The average Bonchev–Trinajstić information content (AvgIpc) is 3.27. The Labute approximate surface area is 349 Å². The van der Waals surface area contributed by atoms with Crippen molar-refractivity contribution in [2.24, 2.45) is 0 Å². The molecule has 0 aliphatic carbocycles. The van der Waals surface area contributed by atoms with Crippen LogP contribution in [0.15, 0.2) is 104 Å². The molecule has 0 N–H and O–H groups in total. The maximum atomic E-state index is 13.2. The van der Waals surface area contributed by atoms with Crippen LogP contribution < -0.4 is 18.9 Å². The molecule has 0 saturated heterocycles. The third-order valence-corrected chi connectivity index (χ3v) is 9.44. The van der Waals surface area contributed by atoms with Gasteiger partial charge in [0, 0.05) is 6.08 Å². The predicted molar refractivity (Wildman–Crippen MR) is 228 cm³/mol. The Kier molecular flexibility index (Phi) is 20.7. The lowest BCUT2D eigenvalue weighted by molar-refractivity contribution is -0.137. The quantitative estimate of drug-likeness (QED) is 0.0237. The van der Waals surface area contributed by atoms with Crippen molar-refractivity contribution in [2.75, 3.05) is 33.0 Å². The third kappa shape index (κ3) is 17.1. The van der Waals surface area contributed by atoms with Crippen LogP contribution in [0.25, 0.3) is 11.1 Å². The molecule has 10 nitrogen and oxygen atoms in total. The van der Waals surface area contributed by atoms with Crippen LogP contribution in [0, 0.1) is 11.3 Å². The van der Waals surface area contributed by atoms with Crippen molar-refractivity contribution in [1.82, 2.24) is 0 Å². The normalized spacial score (nSPS) is 10.6. The molecule has 10 heteroatoms. The highest BCUT2D eigenvalue weighted by Gasteiger charge is 2.18. The lowest BCUT2D eigenvalue weighted by Gasteiger charge is -2.13. The molecule has 312 valence electrons. The third-order valence-electron chi connectivity index (χ3n) is 9.44. The van der Waals surface area contributed by atoms with Gasteiger partial charge in [0.2, 0.25) is 0 Å². The molecule has 4 aromatic rings. The first-order valence-electron chi connectivity index (χ1n) is 20.8. The van der Waals surface area contributed by atoms with E-state index in [0.717, 1.165) is 106 Å². The van der Waals surface area contributed by atoms with Crippen molar-refractivity contribution in [1.29, 1.82) is 5.26 Å². The van der Waals surface area contributed by atoms with Crippen molar-refractivity contribution in [3.8, 4) is 40.2 Å². The van der Waals surface area contributed by atoms with Crippen molar-refractivity contribution in [3.05, 3.63) is 120 Å². The minimum absolute atomic E-state index is 0.209. The number of hydrogen-bond donors (Lipinski definition) is 0. The van der Waals surface area contributed by atoms with Crippen LogP contribution in [0.2, 0.25) is 0 Å². The summed E-state index contributed by atoms with van der Waals surface area (Å²) in [5.41, 5.74) is 3.30. The summed E-state index contributed by atoms with van der Waals surface area (Å²) in [5.74, 6) is 0.544. The Morgan fingerprint density at radius 1 is 0.559 bits per heavy atom. The molecule has 0 fully saturated rings. The Balaban J connectivity index is 1.20. The van der Waals surface area contributed by atoms with E-state index in [1.807, 2.05) is 48.5 Å². The smallest absolute Gasteiger partial charge is 0.343 e. The highest BCUT2D eigenvalue weighted by Crippen LogP contribution is 2.27. The molecule has 0 amide bonds. The number of nitriles is 1. The lowest BCUT2D eigenvalue weighted by Crippen LogP contribution is -2.12. The second-order valence-corrected chi connectivity index (χ2v) is 14.1. The highest BCUT2D eigenvalue weighted by molar-refractivity contribution is 5.94. The molecule has 4 aromatic carbocycles. The van der Waals surface area contributed by atoms with Crippen LogP contribution >= 0.6 is 0 Å². The van der Waals surface area contributed by atoms with Gasteiger partial charge in [-0.15, -0.1) is 0 Å². The van der Waals surface area contributed by atoms with Gasteiger partial charge in [0.25, 0.3) is 0 Å². The van der Waals surface area contributed by atoms with E-state index in [-0.39, 0.29) is 11.3 Å². The van der Waals surface area contributed by atoms with Crippen LogP contribution in [0.3, 0.4) is 0 Å². The summed E-state index contributed by atoms with van der Waals surface area (Å²) < 4.78 is 34.1. The zero-order valence-electron chi connectivity index (χ0n) is 34.3. The molecule has 0 radical (unpaired) electrons. The Bertz CT molecular complexity index is 1920. The van der Waals surface area contributed by atoms with Gasteiger partial charge in [-0.05, 0) is 136 Å². The van der Waals surface area contributed by atoms with Gasteiger partial charge in [0.1, 0.15) is 28.6 Å². The van der Waals surface area contributed by atoms with E-state index >= 15 is 0 Å². The number of ether oxygens (including phenoxy) is 6. The summed E-state index contributed by atoms with van der Waals surface area (Å²) in [4.78, 5) is 37.4. The summed E-state index contributed by atoms with van der Waals surface area (Å²) in [5, 5.41) is 9.02. The molecule has 59 heavy (non-hydrogen) atoms. The number of benzene rings is 4. The Morgan fingerprint density at radius 2 is 1.05 bits per heavy atom. The van der Waals surface area contributed by atoms with E-state index in [9.17, 15) is 14.4 Å². The molecule has 0 aromatic heterocycles. The maximum absolute atomic E-state index is 13.2. The molecule has 4 rings (SSSR count). The fraction of sp³-hybridized carbons (Fsp3) is 0.388. The molecule has 0 unspecified atom stereocenters. The minimum atomic E-state index is -0.568. The fourth-order valence-corrected chi connectivity index (χ4v) is 6.05. The van der Waals surface area contributed by atoms with Crippen molar-refractivity contribution >= 4 is 17.9 Å². The van der Waals surface area contributed by atoms with Gasteiger partial charge in [0.15, 0.2) is 0 Å². The molecule has 0 spiro atoms. The van der Waals surface area contributed by atoms with Gasteiger partial charge >= 0.3 is 17.9 Å². The van der Waals surface area contributed by atoms with Crippen molar-refractivity contribution in [2.45, 2.75) is 90.4 Å². The van der Waals surface area contributed by atoms with E-state index in [1.165, 1.54) is 6.07 Å². The molecule has 0 saturated carbocycles. The van der Waals surface area contributed by atoms with Crippen LogP contribution in [-0.2, 0) is 14.3 Å². The molecule has 0 aliphatic rings. The lowest BCUT2D eigenvalue weighted by atomic mass is 10.0. The molecule has 0 bridgehead atoms. The number of carbonyl (C=O) groups excluding carboxylic acids is 3. The first kappa shape index (κ1) is 45.6. The monoisotopic (exact) mass is 803 g/mol. The molecular weight excluding hydrogens is 747 g/mol. The van der Waals surface area contributed by atoms with E-state index in [1.54, 1.807) is 36.4 Å². The summed E-state index contributed by atoms with van der Waals surface area (Å²) >= 11 is 0. The van der Waals surface area contributed by atoms with Crippen molar-refractivity contribution in [3.63, 3.8) is 0 Å². The summed E-state index contributed by atoms with van der Waals surface area (Å²) in [6.07, 6.45) is 13.4. The summed E-state index contributed by atoms with van der Waals surface area (Å²) in [6.45, 7) is 7.76. The molecule has 0 heterocycles. The number of unbranched alkanes of at least 4 members (excludes halogenated alkanes) is 10. The summed E-state index contributed by atoms with van der Waals surface area (Å²) in [6, 6.07) is 29.1. The number of esters is 3. The average molecular weight is 804 g/mol. The van der Waals surface area contributed by atoms with Gasteiger partial charge in [-0.2, -0.15) is 5.26 Å². The second kappa shape index (κ2) is 26.8. The van der Waals surface area contributed by atoms with Crippen LogP contribution in [-0.4, -0.2) is 50.9 Å². The summed E-state index contributed by atoms with van der Waals surface area (Å²) in [7, 11) is 0. The van der Waals surface area contributed by atoms with Crippen LogP contribution in [0.1, 0.15) is 117 Å². The largest absolute Gasteiger partial charge is 0.494 e. The minimum Gasteiger partial charge on any atom is -0.494 e. The molecular formula is C49H57NO9. The highest BCUT2D eigenvalue weighted by atomic mass is 16.5. The topological polar surface area (TPSA) is 130 Å². The Morgan fingerprint density at radius 3 is 1.61 bits per heavy atom.